The van der Waals surface area contributed by atoms with Gasteiger partial charge in [0, 0.05) is 6.07 Å². The second-order valence-corrected chi connectivity index (χ2v) is 5.92. The number of methoxy groups -OCH3 is 1. The van der Waals surface area contributed by atoms with Gasteiger partial charge in [0.1, 0.15) is 11.7 Å². The quantitative estimate of drug-likeness (QED) is 0.797. The van der Waals surface area contributed by atoms with Gasteiger partial charge in [-0.2, -0.15) is 5.10 Å². The van der Waals surface area contributed by atoms with E-state index in [0.717, 1.165) is 5.56 Å². The van der Waals surface area contributed by atoms with Gasteiger partial charge in [0.05, 0.1) is 13.7 Å². The van der Waals surface area contributed by atoms with Crippen LogP contribution >= 0.6 is 0 Å². The number of nitrogens with one attached hydrogen (secondary N) is 1. The van der Waals surface area contributed by atoms with E-state index in [1.54, 1.807) is 13.8 Å². The van der Waals surface area contributed by atoms with Crippen LogP contribution in [0, 0.1) is 5.92 Å². The summed E-state index contributed by atoms with van der Waals surface area (Å²) in [5.74, 6) is -1.21. The van der Waals surface area contributed by atoms with Crippen molar-refractivity contribution in [1.82, 2.24) is 15.1 Å². The van der Waals surface area contributed by atoms with Crippen molar-refractivity contribution in [3.63, 3.8) is 0 Å². The maximum atomic E-state index is 12.4. The third-order valence-electron chi connectivity index (χ3n) is 3.68. The molecule has 1 unspecified atom stereocenters. The van der Waals surface area contributed by atoms with Gasteiger partial charge in [-0.05, 0) is 17.5 Å². The average Bonchev–Trinajstić information content (AvgIpc) is 2.61. The van der Waals surface area contributed by atoms with Crippen molar-refractivity contribution in [1.29, 1.82) is 0 Å². The smallest absolute Gasteiger partial charge is 0.328 e. The molecule has 0 fully saturated rings. The number of carbonyl (C=O) groups is 2. The van der Waals surface area contributed by atoms with Crippen molar-refractivity contribution >= 4 is 11.9 Å². The van der Waals surface area contributed by atoms with E-state index >= 15 is 0 Å². The minimum atomic E-state index is -0.784. The van der Waals surface area contributed by atoms with Crippen LogP contribution in [0.1, 0.15) is 29.9 Å². The summed E-state index contributed by atoms with van der Waals surface area (Å²) in [5, 5.41) is 6.71. The Hall–Kier alpha value is -2.96. The van der Waals surface area contributed by atoms with Crippen LogP contribution in [0.2, 0.25) is 0 Å². The summed E-state index contributed by atoms with van der Waals surface area (Å²) in [6.45, 7) is 3.85. The van der Waals surface area contributed by atoms with Crippen LogP contribution in [0.5, 0.6) is 0 Å². The first-order valence-corrected chi connectivity index (χ1v) is 7.93. The van der Waals surface area contributed by atoms with Crippen molar-refractivity contribution in [3.05, 3.63) is 64.1 Å². The number of hydrogen-bond acceptors (Lipinski definition) is 5. The number of carbonyl (C=O) groups excluding carboxylic acids is 2. The third kappa shape index (κ3) is 4.76. The molecule has 2 aromatic rings. The van der Waals surface area contributed by atoms with E-state index in [1.807, 2.05) is 30.3 Å². The second-order valence-electron chi connectivity index (χ2n) is 5.92. The average molecular weight is 343 g/mol. The number of hydrogen-bond donors (Lipinski definition) is 1. The van der Waals surface area contributed by atoms with Crippen LogP contribution in [0.3, 0.4) is 0 Å². The number of rotatable bonds is 6. The lowest BCUT2D eigenvalue weighted by atomic mass is 10.0. The van der Waals surface area contributed by atoms with Crippen molar-refractivity contribution in [2.75, 3.05) is 7.11 Å². The van der Waals surface area contributed by atoms with Crippen LogP contribution in [0.25, 0.3) is 0 Å². The maximum Gasteiger partial charge on any atom is 0.328 e. The van der Waals surface area contributed by atoms with Crippen LogP contribution in [-0.4, -0.2) is 34.8 Å². The molecule has 1 aromatic heterocycles. The van der Waals surface area contributed by atoms with Crippen LogP contribution in [0.15, 0.2) is 47.3 Å². The lowest BCUT2D eigenvalue weighted by Gasteiger charge is -2.19. The zero-order valence-electron chi connectivity index (χ0n) is 14.4. The lowest BCUT2D eigenvalue weighted by Crippen LogP contribution is -2.45. The molecule has 2 rings (SSSR count). The first-order chi connectivity index (χ1) is 11.9. The molecule has 0 aliphatic heterocycles. The van der Waals surface area contributed by atoms with Gasteiger partial charge in [-0.25, -0.2) is 9.48 Å². The maximum absolute atomic E-state index is 12.4. The minimum Gasteiger partial charge on any atom is -0.467 e. The predicted octanol–water partition coefficient (Wildman–Crippen LogP) is 1.22. The molecule has 0 aliphatic carbocycles. The van der Waals surface area contributed by atoms with E-state index in [1.165, 1.54) is 23.9 Å². The summed E-state index contributed by atoms with van der Waals surface area (Å²) in [5.41, 5.74) is 0.642. The highest BCUT2D eigenvalue weighted by Crippen LogP contribution is 2.05. The molecule has 1 N–H and O–H groups in total. The number of nitrogens with zero attached hydrogens (tertiary/aromatic N) is 2. The zero-order valence-corrected chi connectivity index (χ0v) is 14.4. The first kappa shape index (κ1) is 18.4. The van der Waals surface area contributed by atoms with E-state index < -0.39 is 17.9 Å². The first-order valence-electron chi connectivity index (χ1n) is 7.93. The molecule has 0 spiro atoms. The molecular formula is C18H21N3O4. The molecule has 0 saturated carbocycles. The third-order valence-corrected chi connectivity index (χ3v) is 3.68. The second kappa shape index (κ2) is 8.23. The fraction of sp³-hybridized carbons (Fsp3) is 0.333. The molecule has 7 nitrogen and oxygen atoms in total. The Morgan fingerprint density at radius 2 is 1.84 bits per heavy atom. The molecule has 1 amide bonds. The molecule has 1 atom stereocenters. The Morgan fingerprint density at radius 1 is 1.16 bits per heavy atom. The molecule has 1 aromatic carbocycles. The van der Waals surface area contributed by atoms with Crippen molar-refractivity contribution in [3.8, 4) is 0 Å². The van der Waals surface area contributed by atoms with Gasteiger partial charge in [-0.15, -0.1) is 0 Å². The van der Waals surface area contributed by atoms with Gasteiger partial charge in [0.15, 0.2) is 0 Å². The van der Waals surface area contributed by atoms with Crippen molar-refractivity contribution in [2.24, 2.45) is 5.92 Å². The Labute approximate surface area is 145 Å². The summed E-state index contributed by atoms with van der Waals surface area (Å²) < 4.78 is 5.92. The molecule has 25 heavy (non-hydrogen) atoms. The van der Waals surface area contributed by atoms with E-state index in [0.29, 0.717) is 0 Å². The van der Waals surface area contributed by atoms with Gasteiger partial charge >= 0.3 is 5.97 Å². The summed E-state index contributed by atoms with van der Waals surface area (Å²) >= 11 is 0. The Bertz CT molecular complexity index is 799. The Morgan fingerprint density at radius 3 is 2.44 bits per heavy atom. The van der Waals surface area contributed by atoms with E-state index in [2.05, 4.69) is 10.4 Å². The SMILES string of the molecule is COC(=O)C(NC(=O)c1ccc(=O)n(Cc2ccccc2)n1)C(C)C. The number of ether oxygens (including phenoxy) is 1. The van der Waals surface area contributed by atoms with Gasteiger partial charge in [-0.3, -0.25) is 9.59 Å². The number of aromatic nitrogens is 2. The van der Waals surface area contributed by atoms with E-state index in [4.69, 9.17) is 4.74 Å². The fourth-order valence-electron chi connectivity index (χ4n) is 2.28. The van der Waals surface area contributed by atoms with Gasteiger partial charge < -0.3 is 10.1 Å². The molecule has 0 saturated heterocycles. The predicted molar refractivity (Wildman–Crippen MR) is 92.1 cm³/mol. The van der Waals surface area contributed by atoms with Crippen LogP contribution < -0.4 is 10.9 Å². The highest BCUT2D eigenvalue weighted by molar-refractivity contribution is 5.95. The highest BCUT2D eigenvalue weighted by atomic mass is 16.5. The van der Waals surface area contributed by atoms with Gasteiger partial charge in [-0.1, -0.05) is 44.2 Å². The van der Waals surface area contributed by atoms with Crippen molar-refractivity contribution < 1.29 is 14.3 Å². The van der Waals surface area contributed by atoms with Gasteiger partial charge in [0.25, 0.3) is 11.5 Å². The fourth-order valence-corrected chi connectivity index (χ4v) is 2.28. The van der Waals surface area contributed by atoms with E-state index in [-0.39, 0.29) is 23.7 Å². The minimum absolute atomic E-state index is 0.0603. The molecule has 0 aliphatic rings. The monoisotopic (exact) mass is 343 g/mol. The summed E-state index contributed by atoms with van der Waals surface area (Å²) in [7, 11) is 1.27. The topological polar surface area (TPSA) is 90.3 Å². The largest absolute Gasteiger partial charge is 0.467 e. The number of amides is 1. The lowest BCUT2D eigenvalue weighted by molar-refractivity contribution is -0.144. The number of benzene rings is 1. The zero-order chi connectivity index (χ0) is 18.4. The van der Waals surface area contributed by atoms with Gasteiger partial charge in [0.2, 0.25) is 0 Å². The van der Waals surface area contributed by atoms with Crippen LogP contribution in [0.4, 0.5) is 0 Å². The Kier molecular flexibility index (Phi) is 6.05. The normalized spacial score (nSPS) is 11.8. The number of esters is 1. The summed E-state index contributed by atoms with van der Waals surface area (Å²) in [6, 6.07) is 11.2. The molecule has 1 heterocycles. The van der Waals surface area contributed by atoms with Crippen LogP contribution in [-0.2, 0) is 16.1 Å². The Balaban J connectivity index is 2.21. The van der Waals surface area contributed by atoms with E-state index in [9.17, 15) is 14.4 Å². The standard InChI is InChI=1S/C18H21N3O4/c1-12(2)16(18(24)25-3)19-17(23)14-9-10-15(22)21(20-14)11-13-7-5-4-6-8-13/h4-10,12,16H,11H2,1-3H3,(H,19,23). The molecule has 132 valence electrons. The molecule has 7 heteroatoms. The molecule has 0 radical (unpaired) electrons. The summed E-state index contributed by atoms with van der Waals surface area (Å²) in [4.78, 5) is 36.1. The molecular weight excluding hydrogens is 322 g/mol. The summed E-state index contributed by atoms with van der Waals surface area (Å²) in [6.07, 6.45) is 0. The molecule has 0 bridgehead atoms. The highest BCUT2D eigenvalue weighted by Gasteiger charge is 2.26. The van der Waals surface area contributed by atoms with Crippen molar-refractivity contribution in [2.45, 2.75) is 26.4 Å².